The van der Waals surface area contributed by atoms with Crippen LogP contribution in [0.5, 0.6) is 0 Å². The Bertz CT molecular complexity index is 995. The highest BCUT2D eigenvalue weighted by molar-refractivity contribution is 7.99. The smallest absolute Gasteiger partial charge is 0.286 e. The lowest BCUT2D eigenvalue weighted by Crippen LogP contribution is -2.62. The van der Waals surface area contributed by atoms with Crippen LogP contribution in [0.15, 0.2) is 40.0 Å². The number of nitrogens with zero attached hydrogens (tertiary/aromatic N) is 2. The number of carbonyl (C=O) groups excluding carboxylic acids is 3. The summed E-state index contributed by atoms with van der Waals surface area (Å²) in [7, 11) is 0. The molecule has 2 aromatic rings. The van der Waals surface area contributed by atoms with Crippen LogP contribution in [0.25, 0.3) is 0 Å². The van der Waals surface area contributed by atoms with Gasteiger partial charge in [0.1, 0.15) is 5.54 Å². The van der Waals surface area contributed by atoms with Crippen LogP contribution in [0.3, 0.4) is 0 Å². The van der Waals surface area contributed by atoms with Gasteiger partial charge in [-0.25, -0.2) is 0 Å². The van der Waals surface area contributed by atoms with Crippen molar-refractivity contribution in [3.8, 4) is 0 Å². The number of thioether (sulfide) groups is 1. The van der Waals surface area contributed by atoms with Crippen molar-refractivity contribution < 1.29 is 21.7 Å². The summed E-state index contributed by atoms with van der Waals surface area (Å²) < 4.78 is 5.56. The highest BCUT2D eigenvalue weighted by Gasteiger charge is 2.43. The van der Waals surface area contributed by atoms with Gasteiger partial charge in [0.2, 0.25) is 11.7 Å². The van der Waals surface area contributed by atoms with Crippen LogP contribution in [0.2, 0.25) is 0 Å². The molecule has 1 atom stereocenters. The minimum atomic E-state index is -1.06. The molecule has 1 aromatic carbocycles. The van der Waals surface area contributed by atoms with E-state index in [-0.39, 0.29) is 31.7 Å². The number of benzene rings is 1. The van der Waals surface area contributed by atoms with Gasteiger partial charge in [0.05, 0.1) is 6.04 Å². The summed E-state index contributed by atoms with van der Waals surface area (Å²) in [4.78, 5) is 39.8. The van der Waals surface area contributed by atoms with E-state index < -0.39 is 17.4 Å². The largest absolute Gasteiger partial charge is 0.408 e. The van der Waals surface area contributed by atoms with Crippen molar-refractivity contribution in [1.82, 2.24) is 20.8 Å². The Morgan fingerprint density at radius 1 is 1.06 bits per heavy atom. The molecule has 1 aliphatic rings. The summed E-state index contributed by atoms with van der Waals surface area (Å²) in [5.74, 6) is -1.02. The predicted octanol–water partition coefficient (Wildman–Crippen LogP) is 4.91. The number of amides is 2. The molecule has 1 fully saturated rings. The van der Waals surface area contributed by atoms with Crippen molar-refractivity contribution >= 4 is 29.4 Å². The Morgan fingerprint density at radius 2 is 1.74 bits per heavy atom. The molecule has 1 aliphatic carbocycles. The Hall–Kier alpha value is -2.68. The minimum absolute atomic E-state index is 0. The van der Waals surface area contributed by atoms with E-state index in [1.807, 2.05) is 33.8 Å². The summed E-state index contributed by atoms with van der Waals surface area (Å²) in [6, 6.07) is 8.03. The Balaban J connectivity index is 0.00000324. The predicted molar refractivity (Wildman–Crippen MR) is 135 cm³/mol. The van der Waals surface area contributed by atoms with Crippen LogP contribution >= 0.6 is 11.8 Å². The lowest BCUT2D eigenvalue weighted by Gasteiger charge is -2.37. The number of carbonyl (C=O) groups is 3. The zero-order valence-corrected chi connectivity index (χ0v) is 21.1. The number of aromatic nitrogens is 2. The number of Topliss-reactive ketones (excluding diaryl/α,β-unsaturated/α-hetero) is 1. The molecular weight excluding hydrogens is 452 g/mol. The van der Waals surface area contributed by atoms with Gasteiger partial charge in [-0.3, -0.25) is 14.4 Å². The SMILES string of the molecule is CC(C)C[C@H](NC(=O)C1(NC(=O)c2ccccc2)CCCCC1)C(=O)c1nnc(SC(C)C)o1.[HH].[HH]. The molecular formula is C25H38N4O4S. The van der Waals surface area contributed by atoms with Gasteiger partial charge in [0.15, 0.2) is 0 Å². The number of nitrogens with one attached hydrogen (secondary N) is 2. The molecule has 0 aliphatic heterocycles. The van der Waals surface area contributed by atoms with E-state index in [4.69, 9.17) is 4.42 Å². The highest BCUT2D eigenvalue weighted by Crippen LogP contribution is 2.30. The summed E-state index contributed by atoms with van der Waals surface area (Å²) in [6.07, 6.45) is 4.12. The van der Waals surface area contributed by atoms with Crippen molar-refractivity contribution in [2.24, 2.45) is 5.92 Å². The first-order valence-electron chi connectivity index (χ1n) is 11.9. The molecule has 0 bridgehead atoms. The Labute approximate surface area is 208 Å². The molecule has 0 radical (unpaired) electrons. The molecule has 2 amide bonds. The highest BCUT2D eigenvalue weighted by atomic mass is 32.2. The fraction of sp³-hybridized carbons (Fsp3) is 0.560. The minimum Gasteiger partial charge on any atom is -0.408 e. The quantitative estimate of drug-likeness (QED) is 0.359. The molecule has 0 spiro atoms. The monoisotopic (exact) mass is 490 g/mol. The lowest BCUT2D eigenvalue weighted by atomic mass is 9.80. The topological polar surface area (TPSA) is 114 Å². The summed E-state index contributed by atoms with van der Waals surface area (Å²) in [5.41, 5.74) is -0.565. The Morgan fingerprint density at radius 3 is 2.35 bits per heavy atom. The number of hydrogen-bond donors (Lipinski definition) is 2. The second-order valence-corrected chi connectivity index (χ2v) is 11.1. The maximum atomic E-state index is 13.6. The molecule has 3 rings (SSSR count). The van der Waals surface area contributed by atoms with Crippen LogP contribution in [0.4, 0.5) is 0 Å². The molecule has 8 nitrogen and oxygen atoms in total. The summed E-state index contributed by atoms with van der Waals surface area (Å²) in [5, 5.41) is 14.3. The van der Waals surface area contributed by atoms with Crippen molar-refractivity contribution in [3.05, 3.63) is 41.8 Å². The molecule has 9 heteroatoms. The third-order valence-corrected chi connectivity index (χ3v) is 6.65. The van der Waals surface area contributed by atoms with Gasteiger partial charge in [0.25, 0.3) is 17.0 Å². The van der Waals surface area contributed by atoms with Gasteiger partial charge in [-0.2, -0.15) is 0 Å². The molecule has 34 heavy (non-hydrogen) atoms. The van der Waals surface area contributed by atoms with Gasteiger partial charge in [0, 0.05) is 13.7 Å². The van der Waals surface area contributed by atoms with Gasteiger partial charge >= 0.3 is 0 Å². The lowest BCUT2D eigenvalue weighted by molar-refractivity contribution is -0.129. The van der Waals surface area contributed by atoms with Crippen molar-refractivity contribution in [1.29, 1.82) is 0 Å². The average molecular weight is 491 g/mol. The van der Waals surface area contributed by atoms with Crippen LogP contribution in [0.1, 0.15) is 90.1 Å². The van der Waals surface area contributed by atoms with E-state index in [2.05, 4.69) is 20.8 Å². The van der Waals surface area contributed by atoms with Gasteiger partial charge in [-0.15, -0.1) is 10.2 Å². The summed E-state index contributed by atoms with van der Waals surface area (Å²) >= 11 is 1.38. The first-order valence-corrected chi connectivity index (χ1v) is 12.8. The van der Waals surface area contributed by atoms with E-state index in [0.717, 1.165) is 19.3 Å². The fourth-order valence-corrected chi connectivity index (χ4v) is 4.77. The van der Waals surface area contributed by atoms with Crippen LogP contribution in [-0.4, -0.2) is 44.6 Å². The van der Waals surface area contributed by atoms with Gasteiger partial charge in [-0.1, -0.05) is 76.9 Å². The van der Waals surface area contributed by atoms with E-state index >= 15 is 0 Å². The maximum Gasteiger partial charge on any atom is 0.286 e. The molecule has 0 unspecified atom stereocenters. The zero-order valence-electron chi connectivity index (χ0n) is 20.3. The maximum absolute atomic E-state index is 13.6. The number of hydrogen-bond acceptors (Lipinski definition) is 7. The van der Waals surface area contributed by atoms with E-state index in [1.165, 1.54) is 11.8 Å². The second kappa shape index (κ2) is 11.6. The first-order chi connectivity index (χ1) is 16.2. The van der Waals surface area contributed by atoms with Crippen LogP contribution in [0, 0.1) is 5.92 Å². The standard InChI is InChI=1S/C25H34N4O4S.2H2/c1-16(2)15-19(20(30)22-28-29-24(33-22)34-17(3)4)26-23(32)25(13-9-6-10-14-25)27-21(31)18-11-7-5-8-12-18;;/h5,7-8,11-12,16-17,19H,6,9-10,13-15H2,1-4H3,(H,26,32)(H,27,31);2*1H/t19-;;/m0../s1. The van der Waals surface area contributed by atoms with Crippen molar-refractivity contribution in [2.45, 2.75) is 88.3 Å². The molecule has 188 valence electrons. The molecule has 1 heterocycles. The summed E-state index contributed by atoms with van der Waals surface area (Å²) in [6.45, 7) is 7.94. The van der Waals surface area contributed by atoms with Crippen molar-refractivity contribution in [2.75, 3.05) is 0 Å². The molecule has 1 aromatic heterocycles. The van der Waals surface area contributed by atoms with Crippen LogP contribution in [-0.2, 0) is 4.79 Å². The van der Waals surface area contributed by atoms with E-state index in [9.17, 15) is 14.4 Å². The third-order valence-electron chi connectivity index (χ3n) is 5.81. The molecule has 1 saturated carbocycles. The number of rotatable bonds is 10. The van der Waals surface area contributed by atoms with Crippen LogP contribution < -0.4 is 10.6 Å². The first kappa shape index (κ1) is 25.9. The molecule has 2 N–H and O–H groups in total. The molecule has 0 saturated heterocycles. The zero-order chi connectivity index (χ0) is 24.7. The Kier molecular flexibility index (Phi) is 8.88. The second-order valence-electron chi connectivity index (χ2n) is 9.52. The van der Waals surface area contributed by atoms with Crippen molar-refractivity contribution in [3.63, 3.8) is 0 Å². The van der Waals surface area contributed by atoms with E-state index in [0.29, 0.717) is 30.0 Å². The van der Waals surface area contributed by atoms with Gasteiger partial charge in [-0.05, 0) is 37.3 Å². The average Bonchev–Trinajstić information content (AvgIpc) is 3.26. The van der Waals surface area contributed by atoms with E-state index in [1.54, 1.807) is 24.3 Å². The third kappa shape index (κ3) is 6.68. The number of ketones is 1. The fourth-order valence-electron chi connectivity index (χ4n) is 4.15. The normalized spacial score (nSPS) is 16.3. The van der Waals surface area contributed by atoms with Gasteiger partial charge < -0.3 is 15.1 Å².